The first-order valence-corrected chi connectivity index (χ1v) is 4.57. The zero-order valence-corrected chi connectivity index (χ0v) is 9.45. The number of methoxy groups -OCH3 is 2. The lowest BCUT2D eigenvalue weighted by atomic mass is 10.4. The Morgan fingerprint density at radius 2 is 1.87 bits per heavy atom. The lowest BCUT2D eigenvalue weighted by molar-refractivity contribution is -0.150. The summed E-state index contributed by atoms with van der Waals surface area (Å²) in [5.41, 5.74) is 0.377. The fourth-order valence-corrected chi connectivity index (χ4v) is 0.728. The van der Waals surface area contributed by atoms with Gasteiger partial charge in [-0.15, -0.1) is 0 Å². The number of ether oxygens (including phenoxy) is 4. The van der Waals surface area contributed by atoms with Crippen LogP contribution in [0.15, 0.2) is 12.2 Å². The highest BCUT2D eigenvalue weighted by Crippen LogP contribution is 1.94. The topological polar surface area (TPSA) is 54.0 Å². The van der Waals surface area contributed by atoms with Crippen LogP contribution >= 0.6 is 0 Å². The Kier molecular flexibility index (Phi) is 7.89. The average Bonchev–Trinajstić information content (AvgIpc) is 2.23. The first kappa shape index (κ1) is 14.1. The minimum Gasteiger partial charge on any atom is -0.460 e. The summed E-state index contributed by atoms with van der Waals surface area (Å²) in [5, 5.41) is 0. The Bertz CT molecular complexity index is 198. The summed E-state index contributed by atoms with van der Waals surface area (Å²) in [6.07, 6.45) is -0.387. The summed E-state index contributed by atoms with van der Waals surface area (Å²) in [6.45, 7) is 5.86. The summed E-state index contributed by atoms with van der Waals surface area (Å²) >= 11 is 0. The van der Waals surface area contributed by atoms with Gasteiger partial charge in [0.1, 0.15) is 6.61 Å². The predicted molar refractivity (Wildman–Crippen MR) is 54.4 cm³/mol. The maximum Gasteiger partial charge on any atom is 0.333 e. The van der Waals surface area contributed by atoms with Crippen LogP contribution < -0.4 is 0 Å². The summed E-state index contributed by atoms with van der Waals surface area (Å²) in [4.78, 5) is 10.9. The van der Waals surface area contributed by atoms with E-state index >= 15 is 0 Å². The van der Waals surface area contributed by atoms with Crippen LogP contribution in [0.3, 0.4) is 0 Å². The lowest BCUT2D eigenvalue weighted by Crippen LogP contribution is -2.22. The van der Waals surface area contributed by atoms with Crippen LogP contribution in [-0.2, 0) is 23.7 Å². The van der Waals surface area contributed by atoms with Gasteiger partial charge >= 0.3 is 5.97 Å². The van der Waals surface area contributed by atoms with Crippen LogP contribution in [-0.4, -0.2) is 46.3 Å². The zero-order valence-electron chi connectivity index (χ0n) is 9.45. The van der Waals surface area contributed by atoms with Crippen molar-refractivity contribution in [1.82, 2.24) is 0 Å². The van der Waals surface area contributed by atoms with Crippen molar-refractivity contribution < 1.29 is 23.7 Å². The molecule has 0 radical (unpaired) electrons. The fraction of sp³-hybridized carbons (Fsp3) is 0.700. The molecule has 0 aliphatic rings. The van der Waals surface area contributed by atoms with E-state index in [4.69, 9.17) is 18.9 Å². The summed E-state index contributed by atoms with van der Waals surface area (Å²) in [5.74, 6) is -0.409. The first-order chi connectivity index (χ1) is 7.11. The molecule has 5 heteroatoms. The molecule has 88 valence electrons. The Hall–Kier alpha value is -0.910. The maximum absolute atomic E-state index is 10.9. The van der Waals surface area contributed by atoms with E-state index in [0.717, 1.165) is 0 Å². The van der Waals surface area contributed by atoms with Crippen LogP contribution in [0.2, 0.25) is 0 Å². The molecule has 5 nitrogen and oxygen atoms in total. The number of esters is 1. The van der Waals surface area contributed by atoms with Gasteiger partial charge in [-0.2, -0.15) is 0 Å². The molecule has 0 aromatic carbocycles. The Labute approximate surface area is 89.9 Å². The molecule has 0 saturated heterocycles. The summed E-state index contributed by atoms with van der Waals surface area (Å²) in [7, 11) is 3.05. The van der Waals surface area contributed by atoms with E-state index in [-0.39, 0.29) is 12.9 Å². The smallest absolute Gasteiger partial charge is 0.333 e. The van der Waals surface area contributed by atoms with Crippen molar-refractivity contribution >= 4 is 5.97 Å². The van der Waals surface area contributed by atoms with Gasteiger partial charge in [-0.05, 0) is 6.92 Å². The second-order valence-electron chi connectivity index (χ2n) is 2.89. The third-order valence-corrected chi connectivity index (χ3v) is 1.59. The molecule has 0 unspecified atom stereocenters. The van der Waals surface area contributed by atoms with E-state index in [1.54, 1.807) is 6.92 Å². The largest absolute Gasteiger partial charge is 0.460 e. The second-order valence-corrected chi connectivity index (χ2v) is 2.89. The van der Waals surface area contributed by atoms with Gasteiger partial charge < -0.3 is 18.9 Å². The van der Waals surface area contributed by atoms with Gasteiger partial charge in [-0.1, -0.05) is 6.58 Å². The molecule has 0 amide bonds. The molecule has 0 heterocycles. The predicted octanol–water partition coefficient (Wildman–Crippen LogP) is 0.741. The molecule has 0 atom stereocenters. The molecular weight excluding hydrogens is 200 g/mol. The minimum absolute atomic E-state index is 0.200. The number of hydrogen-bond donors (Lipinski definition) is 0. The Morgan fingerprint density at radius 3 is 2.33 bits per heavy atom. The van der Waals surface area contributed by atoms with Crippen molar-refractivity contribution in [2.75, 3.05) is 34.0 Å². The van der Waals surface area contributed by atoms with Crippen molar-refractivity contribution in [3.63, 3.8) is 0 Å². The lowest BCUT2D eigenvalue weighted by Gasteiger charge is -2.13. The molecule has 0 saturated carbocycles. The number of rotatable bonds is 8. The van der Waals surface area contributed by atoms with E-state index in [0.29, 0.717) is 18.8 Å². The molecule has 0 N–H and O–H groups in total. The molecule has 0 aromatic rings. The Balaban J connectivity index is 3.39. The molecule has 15 heavy (non-hydrogen) atoms. The van der Waals surface area contributed by atoms with Crippen LogP contribution in [0.5, 0.6) is 0 Å². The minimum atomic E-state index is -0.409. The summed E-state index contributed by atoms with van der Waals surface area (Å²) in [6, 6.07) is 0. The van der Waals surface area contributed by atoms with E-state index in [1.165, 1.54) is 14.2 Å². The third-order valence-electron chi connectivity index (χ3n) is 1.59. The van der Waals surface area contributed by atoms with Crippen LogP contribution in [0.25, 0.3) is 0 Å². The van der Waals surface area contributed by atoms with E-state index < -0.39 is 5.97 Å². The third kappa shape index (κ3) is 7.07. The molecule has 0 aliphatic heterocycles. The molecule has 0 aromatic heterocycles. The van der Waals surface area contributed by atoms with Crippen molar-refractivity contribution in [2.45, 2.75) is 13.2 Å². The molecule has 0 rings (SSSR count). The first-order valence-electron chi connectivity index (χ1n) is 4.57. The molecule has 0 spiro atoms. The highest BCUT2D eigenvalue weighted by molar-refractivity contribution is 5.86. The quantitative estimate of drug-likeness (QED) is 0.260. The van der Waals surface area contributed by atoms with E-state index in [9.17, 15) is 4.79 Å². The summed E-state index contributed by atoms with van der Waals surface area (Å²) < 4.78 is 19.8. The maximum atomic E-state index is 10.9. The number of hydrogen-bond acceptors (Lipinski definition) is 5. The van der Waals surface area contributed by atoms with Crippen molar-refractivity contribution in [3.8, 4) is 0 Å². The van der Waals surface area contributed by atoms with Gasteiger partial charge in [0.2, 0.25) is 0 Å². The van der Waals surface area contributed by atoms with E-state index in [1.807, 2.05) is 0 Å². The van der Waals surface area contributed by atoms with Gasteiger partial charge in [-0.25, -0.2) is 4.79 Å². The number of carbonyl (C=O) groups excluding carboxylic acids is 1. The van der Waals surface area contributed by atoms with Crippen molar-refractivity contribution in [1.29, 1.82) is 0 Å². The molecular formula is C10H18O5. The average molecular weight is 218 g/mol. The monoisotopic (exact) mass is 218 g/mol. The van der Waals surface area contributed by atoms with Crippen LogP contribution in [0, 0.1) is 0 Å². The normalized spacial score (nSPS) is 10.4. The fourth-order valence-electron chi connectivity index (χ4n) is 0.728. The van der Waals surface area contributed by atoms with Crippen LogP contribution in [0.1, 0.15) is 6.92 Å². The SMILES string of the molecule is C=C(C)C(=O)OCCOCC(OC)OC. The van der Waals surface area contributed by atoms with Gasteiger partial charge in [0.05, 0.1) is 13.2 Å². The van der Waals surface area contributed by atoms with Crippen molar-refractivity contribution in [3.05, 3.63) is 12.2 Å². The highest BCUT2D eigenvalue weighted by Gasteiger charge is 2.05. The van der Waals surface area contributed by atoms with Crippen LogP contribution in [0.4, 0.5) is 0 Å². The molecule has 0 aliphatic carbocycles. The molecule has 0 bridgehead atoms. The highest BCUT2D eigenvalue weighted by atomic mass is 16.7. The van der Waals surface area contributed by atoms with Gasteiger partial charge in [0.15, 0.2) is 6.29 Å². The van der Waals surface area contributed by atoms with Crippen molar-refractivity contribution in [2.24, 2.45) is 0 Å². The van der Waals surface area contributed by atoms with E-state index in [2.05, 4.69) is 6.58 Å². The standard InChI is InChI=1S/C10H18O5/c1-8(2)10(11)15-6-5-14-7-9(12-3)13-4/h9H,1,5-7H2,2-4H3. The van der Waals surface area contributed by atoms with Gasteiger partial charge in [-0.3, -0.25) is 0 Å². The van der Waals surface area contributed by atoms with Gasteiger partial charge in [0.25, 0.3) is 0 Å². The Morgan fingerprint density at radius 1 is 1.27 bits per heavy atom. The molecule has 0 fully saturated rings. The zero-order chi connectivity index (χ0) is 11.7. The second kappa shape index (κ2) is 8.40. The van der Waals surface area contributed by atoms with Gasteiger partial charge in [0, 0.05) is 19.8 Å². The number of carbonyl (C=O) groups is 1.